The highest BCUT2D eigenvalue weighted by atomic mass is 32.1. The maximum Gasteiger partial charge on any atom is 0.0468 e. The van der Waals surface area contributed by atoms with Crippen LogP contribution in [0.25, 0.3) is 63.3 Å². The van der Waals surface area contributed by atoms with E-state index in [0.29, 0.717) is 11.8 Å². The molecular weight excluding hydrogens is 599 g/mol. The van der Waals surface area contributed by atoms with E-state index in [-0.39, 0.29) is 0 Å². The molecule has 0 saturated heterocycles. The molecule has 1 nitrogen and oxygen atoms in total. The molecule has 0 unspecified atom stereocenters. The standard InChI is InChI=1S/C46H37NS/c1-28(2)30-13-17-34(18-14-30)47(35-19-15-31(16-20-35)29(3)4)36-21-22-39-40(25-36)37-11-7-8-12-38(37)42-27-46-44(26-41(39)42)43-23-32-9-5-6-10-33(32)24-45(43)48-46/h5-29H,1-4H3. The maximum absolute atomic E-state index is 2.46. The molecule has 0 spiro atoms. The predicted molar refractivity (Wildman–Crippen MR) is 212 cm³/mol. The van der Waals surface area contributed by atoms with Crippen molar-refractivity contribution in [3.8, 4) is 0 Å². The molecule has 0 saturated carbocycles. The molecule has 0 aliphatic carbocycles. The van der Waals surface area contributed by atoms with Crippen molar-refractivity contribution >= 4 is 91.7 Å². The summed E-state index contributed by atoms with van der Waals surface area (Å²) in [5.41, 5.74) is 6.20. The fraction of sp³-hybridized carbons (Fsp3) is 0.130. The molecule has 1 heterocycles. The zero-order chi connectivity index (χ0) is 32.5. The summed E-state index contributed by atoms with van der Waals surface area (Å²) in [7, 11) is 0. The molecule has 9 rings (SSSR count). The van der Waals surface area contributed by atoms with Crippen molar-refractivity contribution in [3.63, 3.8) is 0 Å². The number of fused-ring (bicyclic) bond motifs is 10. The van der Waals surface area contributed by atoms with Gasteiger partial charge in [0.25, 0.3) is 0 Å². The van der Waals surface area contributed by atoms with Gasteiger partial charge in [-0.25, -0.2) is 0 Å². The van der Waals surface area contributed by atoms with Crippen LogP contribution in [0.1, 0.15) is 50.7 Å². The first kappa shape index (κ1) is 29.0. The lowest BCUT2D eigenvalue weighted by Gasteiger charge is -2.27. The highest BCUT2D eigenvalue weighted by Crippen LogP contribution is 2.45. The summed E-state index contributed by atoms with van der Waals surface area (Å²) in [6, 6.07) is 52.6. The smallest absolute Gasteiger partial charge is 0.0468 e. The van der Waals surface area contributed by atoms with Crippen molar-refractivity contribution in [1.82, 2.24) is 0 Å². The summed E-state index contributed by atoms with van der Waals surface area (Å²) in [5, 5.41) is 13.1. The van der Waals surface area contributed by atoms with E-state index in [9.17, 15) is 0 Å². The lowest BCUT2D eigenvalue weighted by atomic mass is 9.92. The Labute approximate surface area is 285 Å². The number of hydrogen-bond donors (Lipinski definition) is 0. The molecule has 0 aliphatic rings. The molecule has 9 aromatic rings. The van der Waals surface area contributed by atoms with E-state index >= 15 is 0 Å². The summed E-state index contributed by atoms with van der Waals surface area (Å²) in [6.07, 6.45) is 0. The van der Waals surface area contributed by atoms with Gasteiger partial charge in [-0.1, -0.05) is 107 Å². The van der Waals surface area contributed by atoms with Gasteiger partial charge >= 0.3 is 0 Å². The minimum Gasteiger partial charge on any atom is -0.310 e. The highest BCUT2D eigenvalue weighted by molar-refractivity contribution is 7.26. The fourth-order valence-electron chi connectivity index (χ4n) is 7.50. The van der Waals surface area contributed by atoms with Gasteiger partial charge in [-0.05, 0) is 127 Å². The molecule has 48 heavy (non-hydrogen) atoms. The normalized spacial score (nSPS) is 12.1. The van der Waals surface area contributed by atoms with E-state index in [0.717, 1.165) is 5.69 Å². The topological polar surface area (TPSA) is 3.24 Å². The molecule has 1 aromatic heterocycles. The first-order chi connectivity index (χ1) is 23.4. The average molecular weight is 636 g/mol. The Bertz CT molecular complexity index is 2610. The van der Waals surface area contributed by atoms with Crippen LogP contribution in [0.4, 0.5) is 17.1 Å². The van der Waals surface area contributed by atoms with Crippen molar-refractivity contribution in [1.29, 1.82) is 0 Å². The molecule has 232 valence electrons. The molecule has 0 amide bonds. The Morgan fingerprint density at radius 2 is 0.833 bits per heavy atom. The Morgan fingerprint density at radius 1 is 0.375 bits per heavy atom. The van der Waals surface area contributed by atoms with Gasteiger partial charge in [0.1, 0.15) is 0 Å². The van der Waals surface area contributed by atoms with Crippen LogP contribution in [0, 0.1) is 0 Å². The predicted octanol–water partition coefficient (Wildman–Crippen LogP) is 14.4. The second-order valence-corrected chi connectivity index (χ2v) is 14.9. The van der Waals surface area contributed by atoms with E-state index in [1.54, 1.807) is 0 Å². The van der Waals surface area contributed by atoms with Gasteiger partial charge in [-0.15, -0.1) is 11.3 Å². The second kappa shape index (κ2) is 11.2. The largest absolute Gasteiger partial charge is 0.310 e. The number of benzene rings is 8. The first-order valence-electron chi connectivity index (χ1n) is 17.1. The molecule has 0 aliphatic heterocycles. The zero-order valence-electron chi connectivity index (χ0n) is 27.8. The summed E-state index contributed by atoms with van der Waals surface area (Å²) in [5.74, 6) is 0.979. The summed E-state index contributed by atoms with van der Waals surface area (Å²) < 4.78 is 2.69. The third-order valence-electron chi connectivity index (χ3n) is 10.2. The van der Waals surface area contributed by atoms with E-state index < -0.39 is 0 Å². The minimum atomic E-state index is 0.490. The third-order valence-corrected chi connectivity index (χ3v) is 11.3. The number of rotatable bonds is 5. The summed E-state index contributed by atoms with van der Waals surface area (Å²) in [6.45, 7) is 9.02. The quantitative estimate of drug-likeness (QED) is 0.170. The molecule has 0 N–H and O–H groups in total. The Morgan fingerprint density at radius 3 is 1.44 bits per heavy atom. The molecule has 0 atom stereocenters. The van der Waals surface area contributed by atoms with Gasteiger partial charge in [0.2, 0.25) is 0 Å². The first-order valence-corrected chi connectivity index (χ1v) is 17.9. The molecule has 2 heteroatoms. The lowest BCUT2D eigenvalue weighted by molar-refractivity contribution is 0.866. The van der Waals surface area contributed by atoms with Crippen LogP contribution in [-0.4, -0.2) is 0 Å². The third kappa shape index (κ3) is 4.66. The average Bonchev–Trinajstić information content (AvgIpc) is 3.46. The van der Waals surface area contributed by atoms with Crippen molar-refractivity contribution in [3.05, 3.63) is 151 Å². The summed E-state index contributed by atoms with van der Waals surface area (Å²) >= 11 is 1.91. The lowest BCUT2D eigenvalue weighted by Crippen LogP contribution is -2.10. The van der Waals surface area contributed by atoms with Crippen LogP contribution in [0.5, 0.6) is 0 Å². The Balaban J connectivity index is 1.30. The van der Waals surface area contributed by atoms with E-state index in [1.165, 1.54) is 85.8 Å². The van der Waals surface area contributed by atoms with E-state index in [4.69, 9.17) is 0 Å². The van der Waals surface area contributed by atoms with Gasteiger partial charge in [-0.3, -0.25) is 0 Å². The van der Waals surface area contributed by atoms with Crippen molar-refractivity contribution in [2.75, 3.05) is 4.90 Å². The van der Waals surface area contributed by atoms with Crippen LogP contribution in [0.3, 0.4) is 0 Å². The van der Waals surface area contributed by atoms with Gasteiger partial charge in [0, 0.05) is 37.2 Å². The Hall–Kier alpha value is -5.18. The van der Waals surface area contributed by atoms with Gasteiger partial charge in [-0.2, -0.15) is 0 Å². The molecule has 0 radical (unpaired) electrons. The van der Waals surface area contributed by atoms with E-state index in [1.807, 2.05) is 11.3 Å². The second-order valence-electron chi connectivity index (χ2n) is 13.8. The van der Waals surface area contributed by atoms with Gasteiger partial charge < -0.3 is 4.90 Å². The molecule has 0 bridgehead atoms. The van der Waals surface area contributed by atoms with Crippen LogP contribution in [0.2, 0.25) is 0 Å². The van der Waals surface area contributed by atoms with Crippen molar-refractivity contribution in [2.45, 2.75) is 39.5 Å². The monoisotopic (exact) mass is 635 g/mol. The highest BCUT2D eigenvalue weighted by Gasteiger charge is 2.18. The van der Waals surface area contributed by atoms with Crippen molar-refractivity contribution in [2.24, 2.45) is 0 Å². The van der Waals surface area contributed by atoms with Crippen LogP contribution in [0.15, 0.2) is 140 Å². The number of thiophene rings is 1. The van der Waals surface area contributed by atoms with Gasteiger partial charge in [0.05, 0.1) is 0 Å². The van der Waals surface area contributed by atoms with Crippen LogP contribution < -0.4 is 4.90 Å². The van der Waals surface area contributed by atoms with Crippen LogP contribution >= 0.6 is 11.3 Å². The number of hydrogen-bond acceptors (Lipinski definition) is 2. The maximum atomic E-state index is 2.46. The Kier molecular flexibility index (Phi) is 6.78. The zero-order valence-corrected chi connectivity index (χ0v) is 28.6. The molecule has 8 aromatic carbocycles. The minimum absolute atomic E-state index is 0.490. The van der Waals surface area contributed by atoms with E-state index in [2.05, 4.69) is 172 Å². The number of anilines is 3. The van der Waals surface area contributed by atoms with Crippen LogP contribution in [-0.2, 0) is 0 Å². The fourth-order valence-corrected chi connectivity index (χ4v) is 8.66. The summed E-state index contributed by atoms with van der Waals surface area (Å²) in [4.78, 5) is 2.41. The molecular formula is C46H37NS. The van der Waals surface area contributed by atoms with Crippen molar-refractivity contribution < 1.29 is 0 Å². The molecule has 0 fully saturated rings. The SMILES string of the molecule is CC(C)c1ccc(N(c2ccc(C(C)C)cc2)c2ccc3c(c2)c2ccccc2c2cc4sc5cc6ccccc6cc5c4cc32)cc1. The number of nitrogens with zero attached hydrogens (tertiary/aromatic N) is 1. The van der Waals surface area contributed by atoms with Gasteiger partial charge in [0.15, 0.2) is 0 Å².